The van der Waals surface area contributed by atoms with Crippen molar-refractivity contribution >= 4 is 57.3 Å². The van der Waals surface area contributed by atoms with E-state index >= 15 is 0 Å². The standard InChI is InChI=1S/C48H40ClNO2S2/c1-47(2)39-25-30(43-7-6-24-53-43)11-17-35(39)37-19-15-33(27-41(37)47)50(32-13-8-29(9-14-32)10-23-46(51)52-5)34-16-20-38-36-18-12-31(44-21-22-45(49)54-44)26-40(36)48(3,4)42(38)28-34/h6-9,11-22,24-28H,10,23H2,1-5H3. The summed E-state index contributed by atoms with van der Waals surface area (Å²) in [5, 5.41) is 2.15. The molecule has 268 valence electrons. The molecule has 6 heteroatoms. The Morgan fingerprint density at radius 2 is 1.15 bits per heavy atom. The number of rotatable bonds is 8. The summed E-state index contributed by atoms with van der Waals surface area (Å²) in [6, 6.07) is 44.8. The molecule has 0 atom stereocenters. The predicted molar refractivity (Wildman–Crippen MR) is 228 cm³/mol. The number of esters is 1. The largest absolute Gasteiger partial charge is 0.469 e. The molecule has 0 N–H and O–H groups in total. The summed E-state index contributed by atoms with van der Waals surface area (Å²) in [6.45, 7) is 9.39. The van der Waals surface area contributed by atoms with Crippen molar-refractivity contribution in [1.82, 2.24) is 0 Å². The molecular weight excluding hydrogens is 722 g/mol. The molecule has 3 nitrogen and oxygen atoms in total. The number of carbonyl (C=O) groups excluding carboxylic acids is 1. The van der Waals surface area contributed by atoms with Gasteiger partial charge in [-0.1, -0.05) is 93.9 Å². The van der Waals surface area contributed by atoms with Gasteiger partial charge in [0, 0.05) is 44.1 Å². The van der Waals surface area contributed by atoms with Gasteiger partial charge in [0.2, 0.25) is 0 Å². The molecule has 0 radical (unpaired) electrons. The third-order valence-corrected chi connectivity index (χ3v) is 13.7. The van der Waals surface area contributed by atoms with Crippen molar-refractivity contribution in [3.05, 3.63) is 159 Å². The highest BCUT2D eigenvalue weighted by Gasteiger charge is 2.38. The summed E-state index contributed by atoms with van der Waals surface area (Å²) in [4.78, 5) is 16.8. The van der Waals surface area contributed by atoms with Gasteiger partial charge in [-0.25, -0.2) is 0 Å². The molecule has 5 aromatic carbocycles. The van der Waals surface area contributed by atoms with Crippen LogP contribution in [0.1, 0.15) is 61.9 Å². The molecule has 0 spiro atoms. The number of nitrogens with zero attached hydrogens (tertiary/aromatic N) is 1. The zero-order valence-corrected chi connectivity index (χ0v) is 33.4. The SMILES string of the molecule is COC(=O)CCc1ccc(N(c2ccc3c(c2)C(C)(C)c2cc(-c4cccs4)ccc2-3)c2ccc3c(c2)C(C)(C)c2cc(-c4ccc(Cl)s4)ccc2-3)cc1. The number of halogens is 1. The fourth-order valence-electron chi connectivity index (χ4n) is 8.56. The number of fused-ring (bicyclic) bond motifs is 6. The molecule has 2 aliphatic carbocycles. The van der Waals surface area contributed by atoms with Crippen LogP contribution in [0, 0.1) is 0 Å². The Balaban J connectivity index is 1.14. The lowest BCUT2D eigenvalue weighted by atomic mass is 9.81. The molecule has 2 heterocycles. The Bertz CT molecular complexity index is 2580. The predicted octanol–water partition coefficient (Wildman–Crippen LogP) is 14.0. The van der Waals surface area contributed by atoms with Crippen molar-refractivity contribution in [3.63, 3.8) is 0 Å². The highest BCUT2D eigenvalue weighted by molar-refractivity contribution is 7.19. The Morgan fingerprint density at radius 3 is 1.65 bits per heavy atom. The fraction of sp³-hybridized carbons (Fsp3) is 0.188. The van der Waals surface area contributed by atoms with E-state index in [1.165, 1.54) is 72.5 Å². The lowest BCUT2D eigenvalue weighted by molar-refractivity contribution is -0.140. The van der Waals surface area contributed by atoms with E-state index in [9.17, 15) is 4.79 Å². The van der Waals surface area contributed by atoms with Crippen LogP contribution in [0.2, 0.25) is 4.34 Å². The molecule has 54 heavy (non-hydrogen) atoms. The second-order valence-electron chi connectivity index (χ2n) is 15.4. The molecule has 9 rings (SSSR count). The highest BCUT2D eigenvalue weighted by Crippen LogP contribution is 2.54. The first kappa shape index (κ1) is 34.8. The van der Waals surface area contributed by atoms with Gasteiger partial charge in [0.1, 0.15) is 0 Å². The molecule has 0 bridgehead atoms. The summed E-state index contributed by atoms with van der Waals surface area (Å²) in [6.07, 6.45) is 0.993. The van der Waals surface area contributed by atoms with Crippen LogP contribution in [0.25, 0.3) is 43.1 Å². The summed E-state index contributed by atoms with van der Waals surface area (Å²) in [5.41, 5.74) is 17.0. The second-order valence-corrected chi connectivity index (χ2v) is 18.1. The van der Waals surface area contributed by atoms with Gasteiger partial charge in [0.05, 0.1) is 11.4 Å². The zero-order chi connectivity index (χ0) is 37.4. The van der Waals surface area contributed by atoms with E-state index in [2.05, 4.69) is 153 Å². The minimum Gasteiger partial charge on any atom is -0.469 e. The van der Waals surface area contributed by atoms with Crippen LogP contribution in [0.15, 0.2) is 127 Å². The number of aryl methyl sites for hydroxylation is 1. The molecule has 0 saturated heterocycles. The number of methoxy groups -OCH3 is 1. The molecule has 0 amide bonds. The second kappa shape index (κ2) is 13.1. The maximum Gasteiger partial charge on any atom is 0.305 e. The average Bonchev–Trinajstić information content (AvgIpc) is 3.97. The van der Waals surface area contributed by atoms with Crippen molar-refractivity contribution in [3.8, 4) is 43.1 Å². The van der Waals surface area contributed by atoms with Gasteiger partial charge in [-0.3, -0.25) is 4.79 Å². The summed E-state index contributed by atoms with van der Waals surface area (Å²) >= 11 is 9.74. The van der Waals surface area contributed by atoms with Crippen molar-refractivity contribution in [2.24, 2.45) is 0 Å². The average molecular weight is 762 g/mol. The number of anilines is 3. The third-order valence-electron chi connectivity index (χ3n) is 11.5. The number of benzene rings is 5. The van der Waals surface area contributed by atoms with Crippen LogP contribution in [-0.4, -0.2) is 13.1 Å². The first-order valence-electron chi connectivity index (χ1n) is 18.4. The van der Waals surface area contributed by atoms with Gasteiger partial charge in [-0.15, -0.1) is 22.7 Å². The topological polar surface area (TPSA) is 29.5 Å². The first-order valence-corrected chi connectivity index (χ1v) is 20.4. The minimum atomic E-state index is -0.205. The highest BCUT2D eigenvalue weighted by atomic mass is 35.5. The van der Waals surface area contributed by atoms with Crippen LogP contribution in [0.3, 0.4) is 0 Å². The maximum atomic E-state index is 11.9. The van der Waals surface area contributed by atoms with Crippen molar-refractivity contribution < 1.29 is 9.53 Å². The molecule has 0 saturated carbocycles. The number of hydrogen-bond donors (Lipinski definition) is 0. The first-order chi connectivity index (χ1) is 26.0. The van der Waals surface area contributed by atoms with Crippen molar-refractivity contribution in [1.29, 1.82) is 0 Å². The Kier molecular flexibility index (Phi) is 8.46. The van der Waals surface area contributed by atoms with Gasteiger partial charge in [0.25, 0.3) is 0 Å². The van der Waals surface area contributed by atoms with E-state index < -0.39 is 0 Å². The van der Waals surface area contributed by atoms with Crippen LogP contribution in [0.4, 0.5) is 17.1 Å². The number of ether oxygens (including phenoxy) is 1. The van der Waals surface area contributed by atoms with Gasteiger partial charge < -0.3 is 9.64 Å². The van der Waals surface area contributed by atoms with E-state index in [4.69, 9.17) is 16.3 Å². The van der Waals surface area contributed by atoms with E-state index in [1.807, 2.05) is 6.07 Å². The number of carbonyl (C=O) groups is 1. The summed E-state index contributed by atoms with van der Waals surface area (Å²) in [5.74, 6) is -0.196. The number of thiophene rings is 2. The molecule has 2 aromatic heterocycles. The molecule has 0 unspecified atom stereocenters. The van der Waals surface area contributed by atoms with E-state index in [0.717, 1.165) is 27.0 Å². The smallest absolute Gasteiger partial charge is 0.305 e. The van der Waals surface area contributed by atoms with Crippen molar-refractivity contribution in [2.45, 2.75) is 51.4 Å². The Labute approximate surface area is 330 Å². The van der Waals surface area contributed by atoms with Crippen LogP contribution < -0.4 is 4.90 Å². The van der Waals surface area contributed by atoms with E-state index in [-0.39, 0.29) is 16.8 Å². The molecule has 0 fully saturated rings. The van der Waals surface area contributed by atoms with Crippen LogP contribution >= 0.6 is 34.3 Å². The quantitative estimate of drug-likeness (QED) is 0.144. The molecular formula is C48H40ClNO2S2. The normalized spacial score (nSPS) is 14.3. The van der Waals surface area contributed by atoms with Crippen LogP contribution in [-0.2, 0) is 26.8 Å². The molecule has 0 aliphatic heterocycles. The summed E-state index contributed by atoms with van der Waals surface area (Å²) in [7, 11) is 1.44. The monoisotopic (exact) mass is 761 g/mol. The fourth-order valence-corrected chi connectivity index (χ4v) is 10.3. The third kappa shape index (κ3) is 5.72. The van der Waals surface area contributed by atoms with E-state index in [1.54, 1.807) is 22.7 Å². The lowest BCUT2D eigenvalue weighted by Crippen LogP contribution is -2.18. The van der Waals surface area contributed by atoms with Crippen molar-refractivity contribution in [2.75, 3.05) is 12.0 Å². The molecule has 7 aromatic rings. The Morgan fingerprint density at radius 1 is 0.630 bits per heavy atom. The van der Waals surface area contributed by atoms with Gasteiger partial charge in [-0.2, -0.15) is 0 Å². The van der Waals surface area contributed by atoms with Gasteiger partial charge >= 0.3 is 5.97 Å². The minimum absolute atomic E-state index is 0.177. The summed E-state index contributed by atoms with van der Waals surface area (Å²) < 4.78 is 5.71. The van der Waals surface area contributed by atoms with Gasteiger partial charge in [0.15, 0.2) is 0 Å². The Hall–Kier alpha value is -4.94. The zero-order valence-electron chi connectivity index (χ0n) is 31.0. The molecule has 2 aliphatic rings. The lowest BCUT2D eigenvalue weighted by Gasteiger charge is -2.30. The van der Waals surface area contributed by atoms with E-state index in [0.29, 0.717) is 12.8 Å². The maximum absolute atomic E-state index is 11.9. The van der Waals surface area contributed by atoms with Gasteiger partial charge in [-0.05, 0) is 140 Å². The van der Waals surface area contributed by atoms with Crippen LogP contribution in [0.5, 0.6) is 0 Å². The number of hydrogen-bond acceptors (Lipinski definition) is 5.